The molecular formula is C26H35N3O4. The van der Waals surface area contributed by atoms with Crippen molar-refractivity contribution in [2.24, 2.45) is 16.9 Å². The Hall–Kier alpha value is -3.35. The zero-order chi connectivity index (χ0) is 24.2. The van der Waals surface area contributed by atoms with Gasteiger partial charge in [0.2, 0.25) is 0 Å². The summed E-state index contributed by atoms with van der Waals surface area (Å²) in [6.07, 6.45) is 2.03. The van der Waals surface area contributed by atoms with Crippen molar-refractivity contribution >= 4 is 18.0 Å². The zero-order valence-corrected chi connectivity index (χ0v) is 20.1. The minimum absolute atomic E-state index is 0.167. The first kappa shape index (κ1) is 25.9. The van der Waals surface area contributed by atoms with Crippen LogP contribution in [0.3, 0.4) is 0 Å². The van der Waals surface area contributed by atoms with Gasteiger partial charge in [0.05, 0.1) is 12.8 Å². The van der Waals surface area contributed by atoms with Crippen molar-refractivity contribution in [3.8, 4) is 11.5 Å². The van der Waals surface area contributed by atoms with E-state index in [2.05, 4.69) is 29.7 Å². The molecule has 0 radical (unpaired) electrons. The molecule has 0 saturated heterocycles. The Morgan fingerprint density at radius 1 is 1.00 bits per heavy atom. The van der Waals surface area contributed by atoms with Crippen LogP contribution in [0.25, 0.3) is 0 Å². The van der Waals surface area contributed by atoms with E-state index in [0.29, 0.717) is 24.7 Å². The number of carbonyl (C=O) groups is 2. The molecule has 1 atom stereocenters. The van der Waals surface area contributed by atoms with E-state index in [1.165, 1.54) is 0 Å². The number of nitrogens with one attached hydrogen (secondary N) is 2. The Balaban J connectivity index is 1.92. The van der Waals surface area contributed by atoms with Crippen LogP contribution in [0.1, 0.15) is 45.2 Å². The second kappa shape index (κ2) is 13.3. The van der Waals surface area contributed by atoms with E-state index in [4.69, 9.17) is 9.47 Å². The molecule has 7 nitrogen and oxygen atoms in total. The minimum Gasteiger partial charge on any atom is -0.493 e. The highest BCUT2D eigenvalue weighted by atomic mass is 16.5. The van der Waals surface area contributed by atoms with Crippen LogP contribution in [-0.4, -0.2) is 37.3 Å². The molecule has 0 aliphatic heterocycles. The molecule has 0 aliphatic carbocycles. The molecule has 2 aromatic carbocycles. The largest absolute Gasteiger partial charge is 0.493 e. The normalized spacial score (nSPS) is 12.1. The molecule has 2 amide bonds. The predicted octanol–water partition coefficient (Wildman–Crippen LogP) is 4.09. The maximum Gasteiger partial charge on any atom is 0.262 e. The fourth-order valence-electron chi connectivity index (χ4n) is 3.00. The molecule has 0 spiro atoms. The highest BCUT2D eigenvalue weighted by Gasteiger charge is 2.22. The first-order chi connectivity index (χ1) is 15.7. The van der Waals surface area contributed by atoms with Gasteiger partial charge in [-0.2, -0.15) is 5.10 Å². The molecule has 0 bridgehead atoms. The molecular weight excluding hydrogens is 418 g/mol. The molecule has 33 heavy (non-hydrogen) atoms. The summed E-state index contributed by atoms with van der Waals surface area (Å²) < 4.78 is 11.3. The monoisotopic (exact) mass is 453 g/mol. The van der Waals surface area contributed by atoms with Crippen molar-refractivity contribution in [1.82, 2.24) is 10.7 Å². The van der Waals surface area contributed by atoms with E-state index < -0.39 is 6.04 Å². The quantitative estimate of drug-likeness (QED) is 0.374. The molecule has 0 aliphatic rings. The molecule has 7 heteroatoms. The van der Waals surface area contributed by atoms with Crippen LogP contribution in [0, 0.1) is 18.8 Å². The number of nitrogens with zero attached hydrogens (tertiary/aromatic N) is 1. The van der Waals surface area contributed by atoms with Crippen molar-refractivity contribution in [2.75, 3.05) is 13.2 Å². The molecule has 0 fully saturated rings. The summed E-state index contributed by atoms with van der Waals surface area (Å²) in [5.74, 6) is 1.28. The van der Waals surface area contributed by atoms with Gasteiger partial charge < -0.3 is 14.8 Å². The van der Waals surface area contributed by atoms with Crippen molar-refractivity contribution in [2.45, 2.75) is 47.1 Å². The lowest BCUT2D eigenvalue weighted by molar-refractivity contribution is -0.130. The van der Waals surface area contributed by atoms with Gasteiger partial charge in [-0.3, -0.25) is 9.59 Å². The molecule has 0 unspecified atom stereocenters. The van der Waals surface area contributed by atoms with E-state index in [1.807, 2.05) is 63.2 Å². The minimum atomic E-state index is -0.712. The average Bonchev–Trinajstić information content (AvgIpc) is 2.76. The van der Waals surface area contributed by atoms with Gasteiger partial charge in [-0.25, -0.2) is 5.43 Å². The SMILES string of the molecule is Cc1ccccc1OCC(=O)N[C@@H](CC(C)C)C(=O)N/N=C\c1cccc(OCC(C)C)c1. The number of hydrogen-bond donors (Lipinski definition) is 2. The fraction of sp³-hybridized carbons (Fsp3) is 0.423. The standard InChI is InChI=1S/C26H35N3O4/c1-18(2)13-23(28-25(30)17-33-24-12-7-6-9-20(24)5)26(31)29-27-15-21-10-8-11-22(14-21)32-16-19(3)4/h6-12,14-15,18-19,23H,13,16-17H2,1-5H3,(H,28,30)(H,29,31)/b27-15-/t23-/m0/s1. The number of rotatable bonds is 12. The van der Waals surface area contributed by atoms with E-state index >= 15 is 0 Å². The lowest BCUT2D eigenvalue weighted by Crippen LogP contribution is -2.47. The molecule has 2 N–H and O–H groups in total. The van der Waals surface area contributed by atoms with E-state index in [0.717, 1.165) is 16.9 Å². The summed E-state index contributed by atoms with van der Waals surface area (Å²) in [7, 11) is 0. The molecule has 2 rings (SSSR count). The van der Waals surface area contributed by atoms with Crippen LogP contribution in [-0.2, 0) is 9.59 Å². The van der Waals surface area contributed by atoms with E-state index in [9.17, 15) is 9.59 Å². The third-order valence-electron chi connectivity index (χ3n) is 4.64. The highest BCUT2D eigenvalue weighted by Crippen LogP contribution is 2.16. The Kier molecular flexibility index (Phi) is 10.4. The summed E-state index contributed by atoms with van der Waals surface area (Å²) in [4.78, 5) is 25.1. The van der Waals surface area contributed by atoms with Crippen LogP contribution in [0.5, 0.6) is 11.5 Å². The van der Waals surface area contributed by atoms with Gasteiger partial charge in [0.1, 0.15) is 17.5 Å². The van der Waals surface area contributed by atoms with E-state index in [1.54, 1.807) is 12.3 Å². The maximum atomic E-state index is 12.7. The van der Waals surface area contributed by atoms with Gasteiger partial charge in [0.25, 0.3) is 11.8 Å². The summed E-state index contributed by atoms with van der Waals surface area (Å²) in [6.45, 7) is 10.5. The number of benzene rings is 2. The van der Waals surface area contributed by atoms with Gasteiger partial charge in [-0.15, -0.1) is 0 Å². The van der Waals surface area contributed by atoms with Crippen LogP contribution in [0.15, 0.2) is 53.6 Å². The van der Waals surface area contributed by atoms with Crippen LogP contribution < -0.4 is 20.2 Å². The van der Waals surface area contributed by atoms with Crippen LogP contribution >= 0.6 is 0 Å². The van der Waals surface area contributed by atoms with E-state index in [-0.39, 0.29) is 24.3 Å². The molecule has 0 saturated carbocycles. The maximum absolute atomic E-state index is 12.7. The van der Waals surface area contributed by atoms with Gasteiger partial charge >= 0.3 is 0 Å². The summed E-state index contributed by atoms with van der Waals surface area (Å²) in [5, 5.41) is 6.81. The van der Waals surface area contributed by atoms with Crippen LogP contribution in [0.4, 0.5) is 0 Å². The Morgan fingerprint density at radius 3 is 2.45 bits per heavy atom. The Labute approximate surface area is 196 Å². The number of para-hydroxylation sites is 1. The summed E-state index contributed by atoms with van der Waals surface area (Å²) in [5.41, 5.74) is 4.27. The number of ether oxygens (including phenoxy) is 2. The lowest BCUT2D eigenvalue weighted by Gasteiger charge is -2.19. The number of hydrogen-bond acceptors (Lipinski definition) is 5. The van der Waals surface area contributed by atoms with Gasteiger partial charge in [-0.1, -0.05) is 58.0 Å². The number of aryl methyl sites for hydroxylation is 1. The second-order valence-corrected chi connectivity index (χ2v) is 8.82. The highest BCUT2D eigenvalue weighted by molar-refractivity contribution is 5.89. The third-order valence-corrected chi connectivity index (χ3v) is 4.64. The zero-order valence-electron chi connectivity index (χ0n) is 20.1. The lowest BCUT2D eigenvalue weighted by atomic mass is 10.0. The predicted molar refractivity (Wildman–Crippen MR) is 131 cm³/mol. The van der Waals surface area contributed by atoms with Crippen molar-refractivity contribution in [1.29, 1.82) is 0 Å². The smallest absolute Gasteiger partial charge is 0.262 e. The topological polar surface area (TPSA) is 89.0 Å². The Bertz CT molecular complexity index is 941. The molecule has 0 aromatic heterocycles. The Morgan fingerprint density at radius 2 is 1.76 bits per heavy atom. The van der Waals surface area contributed by atoms with Gasteiger partial charge in [0, 0.05) is 0 Å². The van der Waals surface area contributed by atoms with Gasteiger partial charge in [0.15, 0.2) is 6.61 Å². The number of hydrazone groups is 1. The summed E-state index contributed by atoms with van der Waals surface area (Å²) in [6, 6.07) is 14.2. The number of carbonyl (C=O) groups excluding carboxylic acids is 2. The summed E-state index contributed by atoms with van der Waals surface area (Å²) >= 11 is 0. The van der Waals surface area contributed by atoms with Gasteiger partial charge in [-0.05, 0) is 54.5 Å². The third kappa shape index (κ3) is 9.76. The van der Waals surface area contributed by atoms with Crippen molar-refractivity contribution in [3.63, 3.8) is 0 Å². The fourth-order valence-corrected chi connectivity index (χ4v) is 3.00. The van der Waals surface area contributed by atoms with Crippen LogP contribution in [0.2, 0.25) is 0 Å². The first-order valence-corrected chi connectivity index (χ1v) is 11.3. The number of amides is 2. The first-order valence-electron chi connectivity index (χ1n) is 11.3. The van der Waals surface area contributed by atoms with Crippen molar-refractivity contribution in [3.05, 3.63) is 59.7 Å². The molecule has 2 aromatic rings. The molecule has 178 valence electrons. The molecule has 0 heterocycles. The average molecular weight is 454 g/mol. The van der Waals surface area contributed by atoms with Crippen molar-refractivity contribution < 1.29 is 19.1 Å². The second-order valence-electron chi connectivity index (χ2n) is 8.82.